The third-order valence-electron chi connectivity index (χ3n) is 6.16. The molecule has 4 aromatic rings. The van der Waals surface area contributed by atoms with Crippen molar-refractivity contribution in [2.75, 3.05) is 5.32 Å². The molecule has 1 saturated carbocycles. The van der Waals surface area contributed by atoms with E-state index in [0.717, 1.165) is 22.4 Å². The fourth-order valence-electron chi connectivity index (χ4n) is 4.62. The molecular formula is C25H26ClN3S. The molecule has 0 saturated heterocycles. The Bertz CT molecular complexity index is 1160. The van der Waals surface area contributed by atoms with Gasteiger partial charge >= 0.3 is 0 Å². The van der Waals surface area contributed by atoms with Gasteiger partial charge in [0.2, 0.25) is 0 Å². The van der Waals surface area contributed by atoms with E-state index in [1.165, 1.54) is 59.8 Å². The van der Waals surface area contributed by atoms with E-state index in [1.807, 2.05) is 6.07 Å². The lowest BCUT2D eigenvalue weighted by Crippen LogP contribution is -2.21. The molecule has 0 unspecified atom stereocenters. The highest BCUT2D eigenvalue weighted by Crippen LogP contribution is 2.38. The average molecular weight is 436 g/mol. The Balaban J connectivity index is 1.54. The number of nitrogens with zero attached hydrogens (tertiary/aromatic N) is 2. The molecule has 1 N–H and O–H groups in total. The Labute approximate surface area is 186 Å². The Kier molecular flexibility index (Phi) is 5.53. The van der Waals surface area contributed by atoms with E-state index >= 15 is 0 Å². The lowest BCUT2D eigenvalue weighted by atomic mass is 9.96. The van der Waals surface area contributed by atoms with E-state index in [-0.39, 0.29) is 0 Å². The van der Waals surface area contributed by atoms with Crippen molar-refractivity contribution in [2.45, 2.75) is 51.6 Å². The molecule has 1 aliphatic carbocycles. The molecule has 3 nitrogen and oxygen atoms in total. The molecule has 5 heteroatoms. The number of thiazole rings is 1. The summed E-state index contributed by atoms with van der Waals surface area (Å²) in [6.07, 6.45) is 6.50. The lowest BCUT2D eigenvalue weighted by Gasteiger charge is -2.22. The van der Waals surface area contributed by atoms with E-state index in [0.29, 0.717) is 6.04 Å². The van der Waals surface area contributed by atoms with Crippen LogP contribution in [-0.2, 0) is 6.54 Å². The molecule has 1 fully saturated rings. The molecule has 5 rings (SSSR count). The highest BCUT2D eigenvalue weighted by Gasteiger charge is 2.20. The molecule has 0 aliphatic heterocycles. The molecule has 1 aliphatic rings. The maximum atomic E-state index is 6.39. The molecule has 2 aromatic carbocycles. The fourth-order valence-corrected chi connectivity index (χ4v) is 5.58. The summed E-state index contributed by atoms with van der Waals surface area (Å²) in [7, 11) is 0. The quantitative estimate of drug-likeness (QED) is 0.351. The fraction of sp³-hybridized carbons (Fsp3) is 0.320. The standard InChI is InChI=1S/C25H26ClN3S/c1-17-24(22-16-30-25(28-22)27-20-10-6-3-7-11-20)21-14-19(26)12-13-23(21)29(17)15-18-8-4-2-5-9-18/h2,4-5,8-9,12-14,16,20H,3,6-7,10-11,15H2,1H3,(H,27,28). The molecule has 0 amide bonds. The van der Waals surface area contributed by atoms with E-state index < -0.39 is 0 Å². The smallest absolute Gasteiger partial charge is 0.183 e. The second-order valence-electron chi connectivity index (χ2n) is 8.21. The Hall–Kier alpha value is -2.30. The third-order valence-corrected chi connectivity index (χ3v) is 7.17. The van der Waals surface area contributed by atoms with E-state index in [9.17, 15) is 0 Å². The van der Waals surface area contributed by atoms with Crippen molar-refractivity contribution in [3.8, 4) is 11.3 Å². The SMILES string of the molecule is Cc1c(-c2csc(NC3CCCCC3)n2)c2cc(Cl)ccc2n1Cc1ccccc1. The number of aromatic nitrogens is 2. The average Bonchev–Trinajstić information content (AvgIpc) is 3.31. The van der Waals surface area contributed by atoms with Gasteiger partial charge in [0.25, 0.3) is 0 Å². The minimum atomic E-state index is 0.563. The monoisotopic (exact) mass is 435 g/mol. The third kappa shape index (κ3) is 3.86. The van der Waals surface area contributed by atoms with Crippen LogP contribution in [-0.4, -0.2) is 15.6 Å². The van der Waals surface area contributed by atoms with Gasteiger partial charge in [-0.1, -0.05) is 61.2 Å². The summed E-state index contributed by atoms with van der Waals surface area (Å²) in [5, 5.41) is 8.81. The number of hydrogen-bond donors (Lipinski definition) is 1. The van der Waals surface area contributed by atoms with E-state index in [1.54, 1.807) is 11.3 Å². The van der Waals surface area contributed by atoms with Crippen LogP contribution >= 0.6 is 22.9 Å². The van der Waals surface area contributed by atoms with Crippen molar-refractivity contribution in [1.29, 1.82) is 0 Å². The minimum absolute atomic E-state index is 0.563. The predicted octanol–water partition coefficient (Wildman–Crippen LogP) is 7.52. The Morgan fingerprint density at radius 1 is 1.10 bits per heavy atom. The van der Waals surface area contributed by atoms with Crippen LogP contribution in [0.1, 0.15) is 43.4 Å². The van der Waals surface area contributed by atoms with E-state index in [4.69, 9.17) is 16.6 Å². The summed E-state index contributed by atoms with van der Waals surface area (Å²) in [6.45, 7) is 3.03. The van der Waals surface area contributed by atoms with Crippen LogP contribution in [0, 0.1) is 6.92 Å². The van der Waals surface area contributed by atoms with Gasteiger partial charge in [-0.2, -0.15) is 0 Å². The van der Waals surface area contributed by atoms with Gasteiger partial charge in [-0.05, 0) is 43.5 Å². The maximum absolute atomic E-state index is 6.39. The summed E-state index contributed by atoms with van der Waals surface area (Å²) >= 11 is 8.10. The van der Waals surface area contributed by atoms with Gasteiger partial charge in [0, 0.05) is 45.1 Å². The van der Waals surface area contributed by atoms with Crippen molar-refractivity contribution in [3.05, 3.63) is 70.2 Å². The van der Waals surface area contributed by atoms with Crippen LogP contribution in [0.15, 0.2) is 53.9 Å². The van der Waals surface area contributed by atoms with Gasteiger partial charge < -0.3 is 9.88 Å². The highest BCUT2D eigenvalue weighted by atomic mass is 35.5. The van der Waals surface area contributed by atoms with Crippen LogP contribution in [0.4, 0.5) is 5.13 Å². The lowest BCUT2D eigenvalue weighted by molar-refractivity contribution is 0.462. The first-order chi connectivity index (χ1) is 14.7. The molecule has 0 spiro atoms. The van der Waals surface area contributed by atoms with Crippen LogP contribution in [0.5, 0.6) is 0 Å². The van der Waals surface area contributed by atoms with Crippen LogP contribution < -0.4 is 5.32 Å². The first-order valence-corrected chi connectivity index (χ1v) is 12.0. The van der Waals surface area contributed by atoms with Gasteiger partial charge in [0.15, 0.2) is 5.13 Å². The van der Waals surface area contributed by atoms with Crippen LogP contribution in [0.3, 0.4) is 0 Å². The number of rotatable bonds is 5. The zero-order chi connectivity index (χ0) is 20.5. The van der Waals surface area contributed by atoms with Crippen molar-refractivity contribution in [2.24, 2.45) is 0 Å². The highest BCUT2D eigenvalue weighted by molar-refractivity contribution is 7.14. The summed E-state index contributed by atoms with van der Waals surface area (Å²) in [5.41, 5.74) is 5.94. The van der Waals surface area contributed by atoms with Gasteiger partial charge in [-0.25, -0.2) is 4.98 Å². The summed E-state index contributed by atoms with van der Waals surface area (Å²) < 4.78 is 2.38. The molecule has 154 valence electrons. The Morgan fingerprint density at radius 2 is 1.90 bits per heavy atom. The van der Waals surface area contributed by atoms with Gasteiger partial charge in [0.05, 0.1) is 5.69 Å². The molecule has 2 heterocycles. The summed E-state index contributed by atoms with van der Waals surface area (Å²) in [5.74, 6) is 0. The topological polar surface area (TPSA) is 29.9 Å². The largest absolute Gasteiger partial charge is 0.359 e. The van der Waals surface area contributed by atoms with Crippen molar-refractivity contribution >= 4 is 39.0 Å². The van der Waals surface area contributed by atoms with Crippen molar-refractivity contribution in [1.82, 2.24) is 9.55 Å². The van der Waals surface area contributed by atoms with Crippen LogP contribution in [0.25, 0.3) is 22.2 Å². The second-order valence-corrected chi connectivity index (χ2v) is 9.51. The molecule has 30 heavy (non-hydrogen) atoms. The summed E-state index contributed by atoms with van der Waals surface area (Å²) in [4.78, 5) is 4.99. The van der Waals surface area contributed by atoms with E-state index in [2.05, 4.69) is 64.7 Å². The van der Waals surface area contributed by atoms with Gasteiger partial charge in [-0.3, -0.25) is 0 Å². The first kappa shape index (κ1) is 19.7. The number of nitrogens with one attached hydrogen (secondary N) is 1. The summed E-state index contributed by atoms with van der Waals surface area (Å²) in [6, 6.07) is 17.4. The minimum Gasteiger partial charge on any atom is -0.359 e. The van der Waals surface area contributed by atoms with Gasteiger partial charge in [0.1, 0.15) is 0 Å². The number of anilines is 1. The second kappa shape index (κ2) is 8.44. The molecule has 0 atom stereocenters. The Morgan fingerprint density at radius 3 is 2.70 bits per heavy atom. The maximum Gasteiger partial charge on any atom is 0.183 e. The van der Waals surface area contributed by atoms with Crippen LogP contribution in [0.2, 0.25) is 5.02 Å². The number of fused-ring (bicyclic) bond motifs is 1. The number of halogens is 1. The first-order valence-electron chi connectivity index (χ1n) is 10.7. The predicted molar refractivity (Wildman–Crippen MR) is 129 cm³/mol. The molecule has 2 aromatic heterocycles. The zero-order valence-electron chi connectivity index (χ0n) is 17.2. The zero-order valence-corrected chi connectivity index (χ0v) is 18.8. The number of hydrogen-bond acceptors (Lipinski definition) is 3. The van der Waals surface area contributed by atoms with Crippen molar-refractivity contribution in [3.63, 3.8) is 0 Å². The molecule has 0 bridgehead atoms. The molecule has 0 radical (unpaired) electrons. The van der Waals surface area contributed by atoms with Crippen molar-refractivity contribution < 1.29 is 0 Å². The van der Waals surface area contributed by atoms with Gasteiger partial charge in [-0.15, -0.1) is 11.3 Å². The number of benzene rings is 2. The molecular weight excluding hydrogens is 410 g/mol. The normalized spacial score (nSPS) is 15.0.